The Morgan fingerprint density at radius 2 is 2.10 bits per heavy atom. The van der Waals surface area contributed by atoms with Crippen LogP contribution in [0.25, 0.3) is 0 Å². The molecule has 1 N–H and O–H groups in total. The van der Waals surface area contributed by atoms with Crippen LogP contribution >= 0.6 is 0 Å². The van der Waals surface area contributed by atoms with Crippen molar-refractivity contribution in [2.75, 3.05) is 27.2 Å². The predicted molar refractivity (Wildman–Crippen MR) is 44.1 cm³/mol. The molecular weight excluding hydrogens is 124 g/mol. The molecule has 0 amide bonds. The molecule has 1 heterocycles. The Morgan fingerprint density at radius 3 is 2.50 bits per heavy atom. The van der Waals surface area contributed by atoms with Gasteiger partial charge in [-0.1, -0.05) is 6.92 Å². The summed E-state index contributed by atoms with van der Waals surface area (Å²) in [5.74, 6) is 0.858. The highest BCUT2D eigenvalue weighted by Crippen LogP contribution is 2.14. The lowest BCUT2D eigenvalue weighted by Crippen LogP contribution is -2.47. The summed E-state index contributed by atoms with van der Waals surface area (Å²) in [5, 5.41) is 3.40. The molecule has 0 aromatic heterocycles. The van der Waals surface area contributed by atoms with Gasteiger partial charge >= 0.3 is 0 Å². The maximum absolute atomic E-state index is 3.40. The molecule has 2 atom stereocenters. The van der Waals surface area contributed by atoms with Crippen molar-refractivity contribution in [2.24, 2.45) is 5.92 Å². The second-order valence-electron chi connectivity index (χ2n) is 3.50. The fourth-order valence-electron chi connectivity index (χ4n) is 1.66. The fraction of sp³-hybridized carbons (Fsp3) is 1.00. The number of rotatable bonds is 1. The van der Waals surface area contributed by atoms with Gasteiger partial charge in [-0.2, -0.15) is 0 Å². The van der Waals surface area contributed by atoms with E-state index in [0.29, 0.717) is 0 Å². The Kier molecular flexibility index (Phi) is 2.69. The largest absolute Gasteiger partial charge is 0.315 e. The molecule has 0 spiro atoms. The van der Waals surface area contributed by atoms with Crippen molar-refractivity contribution in [3.05, 3.63) is 0 Å². The summed E-state index contributed by atoms with van der Waals surface area (Å²) in [4.78, 5) is 2.32. The molecule has 0 aromatic rings. The number of piperidine rings is 1. The first kappa shape index (κ1) is 8.02. The lowest BCUT2D eigenvalue weighted by Gasteiger charge is -2.34. The van der Waals surface area contributed by atoms with E-state index in [1.54, 1.807) is 0 Å². The van der Waals surface area contributed by atoms with Gasteiger partial charge in [0, 0.05) is 12.6 Å². The average molecular weight is 142 g/mol. The van der Waals surface area contributed by atoms with Gasteiger partial charge in [-0.05, 0) is 33.0 Å². The van der Waals surface area contributed by atoms with E-state index in [1.807, 2.05) is 0 Å². The first-order valence-corrected chi connectivity index (χ1v) is 4.09. The first-order valence-electron chi connectivity index (χ1n) is 4.09. The van der Waals surface area contributed by atoms with Gasteiger partial charge in [0.05, 0.1) is 0 Å². The Morgan fingerprint density at radius 1 is 1.40 bits per heavy atom. The Hall–Kier alpha value is -0.0800. The maximum atomic E-state index is 3.40. The molecule has 60 valence electrons. The SMILES string of the molecule is CC1CCNCC1N(C)C. The lowest BCUT2D eigenvalue weighted by molar-refractivity contribution is 0.180. The van der Waals surface area contributed by atoms with Crippen molar-refractivity contribution in [3.63, 3.8) is 0 Å². The maximum Gasteiger partial charge on any atom is 0.0240 e. The molecule has 2 unspecified atom stereocenters. The molecular formula is C8H18N2. The zero-order valence-corrected chi connectivity index (χ0v) is 7.22. The van der Waals surface area contributed by atoms with Crippen molar-refractivity contribution in [2.45, 2.75) is 19.4 Å². The molecule has 2 nitrogen and oxygen atoms in total. The molecule has 0 saturated carbocycles. The Labute approximate surface area is 63.6 Å². The third-order valence-corrected chi connectivity index (χ3v) is 2.45. The van der Waals surface area contributed by atoms with Gasteiger partial charge in [0.25, 0.3) is 0 Å². The normalized spacial score (nSPS) is 34.8. The summed E-state index contributed by atoms with van der Waals surface area (Å²) in [7, 11) is 4.32. The minimum Gasteiger partial charge on any atom is -0.315 e. The van der Waals surface area contributed by atoms with E-state index in [9.17, 15) is 0 Å². The molecule has 1 rings (SSSR count). The van der Waals surface area contributed by atoms with Gasteiger partial charge < -0.3 is 10.2 Å². The number of likely N-dealkylation sites (N-methyl/N-ethyl adjacent to an activating group) is 1. The van der Waals surface area contributed by atoms with Crippen molar-refractivity contribution >= 4 is 0 Å². The molecule has 1 aliphatic heterocycles. The zero-order valence-electron chi connectivity index (χ0n) is 7.22. The molecule has 1 fully saturated rings. The van der Waals surface area contributed by atoms with E-state index >= 15 is 0 Å². The first-order chi connectivity index (χ1) is 4.72. The van der Waals surface area contributed by atoms with Crippen molar-refractivity contribution in [1.82, 2.24) is 10.2 Å². The number of hydrogen-bond donors (Lipinski definition) is 1. The molecule has 0 aromatic carbocycles. The summed E-state index contributed by atoms with van der Waals surface area (Å²) < 4.78 is 0. The van der Waals surface area contributed by atoms with E-state index in [-0.39, 0.29) is 0 Å². The number of nitrogens with zero attached hydrogens (tertiary/aromatic N) is 1. The fourth-order valence-corrected chi connectivity index (χ4v) is 1.66. The standard InChI is InChI=1S/C8H18N2/c1-7-4-5-9-6-8(7)10(2)3/h7-9H,4-6H2,1-3H3. The molecule has 0 aliphatic carbocycles. The lowest BCUT2D eigenvalue weighted by atomic mass is 9.94. The van der Waals surface area contributed by atoms with Crippen LogP contribution < -0.4 is 5.32 Å². The summed E-state index contributed by atoms with van der Waals surface area (Å²) in [6.45, 7) is 4.70. The van der Waals surface area contributed by atoms with Gasteiger partial charge in [-0.25, -0.2) is 0 Å². The zero-order chi connectivity index (χ0) is 7.56. The van der Waals surface area contributed by atoms with E-state index < -0.39 is 0 Å². The van der Waals surface area contributed by atoms with Crippen molar-refractivity contribution in [1.29, 1.82) is 0 Å². The third-order valence-electron chi connectivity index (χ3n) is 2.45. The molecule has 10 heavy (non-hydrogen) atoms. The van der Waals surface area contributed by atoms with Crippen molar-refractivity contribution < 1.29 is 0 Å². The Balaban J connectivity index is 2.40. The van der Waals surface area contributed by atoms with E-state index in [4.69, 9.17) is 0 Å². The minimum absolute atomic E-state index is 0.744. The van der Waals surface area contributed by atoms with Crippen LogP contribution in [0, 0.1) is 5.92 Å². The summed E-state index contributed by atoms with van der Waals surface area (Å²) >= 11 is 0. The van der Waals surface area contributed by atoms with Crippen LogP contribution in [-0.2, 0) is 0 Å². The topological polar surface area (TPSA) is 15.3 Å². The van der Waals surface area contributed by atoms with Gasteiger partial charge in [0.15, 0.2) is 0 Å². The minimum atomic E-state index is 0.744. The van der Waals surface area contributed by atoms with Crippen LogP contribution in [-0.4, -0.2) is 38.1 Å². The molecule has 2 heteroatoms. The van der Waals surface area contributed by atoms with E-state index in [2.05, 4.69) is 31.2 Å². The second-order valence-corrected chi connectivity index (χ2v) is 3.50. The molecule has 0 radical (unpaired) electrons. The molecule has 0 bridgehead atoms. The van der Waals surface area contributed by atoms with Crippen LogP contribution in [0.15, 0.2) is 0 Å². The predicted octanol–water partition coefficient (Wildman–Crippen LogP) is 0.546. The summed E-state index contributed by atoms with van der Waals surface area (Å²) in [6.07, 6.45) is 1.32. The van der Waals surface area contributed by atoms with Crippen LogP contribution in [0.3, 0.4) is 0 Å². The van der Waals surface area contributed by atoms with Crippen molar-refractivity contribution in [3.8, 4) is 0 Å². The highest BCUT2D eigenvalue weighted by molar-refractivity contribution is 4.80. The van der Waals surface area contributed by atoms with Gasteiger partial charge in [-0.15, -0.1) is 0 Å². The van der Waals surface area contributed by atoms with Gasteiger partial charge in [-0.3, -0.25) is 0 Å². The summed E-state index contributed by atoms with van der Waals surface area (Å²) in [5.41, 5.74) is 0. The van der Waals surface area contributed by atoms with Crippen LogP contribution in [0.5, 0.6) is 0 Å². The summed E-state index contributed by atoms with van der Waals surface area (Å²) in [6, 6.07) is 0.744. The van der Waals surface area contributed by atoms with E-state index in [1.165, 1.54) is 13.0 Å². The van der Waals surface area contributed by atoms with Crippen LogP contribution in [0.1, 0.15) is 13.3 Å². The average Bonchev–Trinajstić information content (AvgIpc) is 1.88. The number of nitrogens with one attached hydrogen (secondary N) is 1. The molecule has 1 aliphatic rings. The Bertz CT molecular complexity index is 101. The van der Waals surface area contributed by atoms with Crippen LogP contribution in [0.4, 0.5) is 0 Å². The third kappa shape index (κ3) is 1.70. The highest BCUT2D eigenvalue weighted by atomic mass is 15.1. The monoisotopic (exact) mass is 142 g/mol. The van der Waals surface area contributed by atoms with Crippen LogP contribution in [0.2, 0.25) is 0 Å². The van der Waals surface area contributed by atoms with Gasteiger partial charge in [0.1, 0.15) is 0 Å². The highest BCUT2D eigenvalue weighted by Gasteiger charge is 2.21. The van der Waals surface area contributed by atoms with E-state index in [0.717, 1.165) is 18.5 Å². The van der Waals surface area contributed by atoms with Gasteiger partial charge in [0.2, 0.25) is 0 Å². The number of hydrogen-bond acceptors (Lipinski definition) is 2. The molecule has 1 saturated heterocycles. The second kappa shape index (κ2) is 3.35. The smallest absolute Gasteiger partial charge is 0.0240 e. The quantitative estimate of drug-likeness (QED) is 0.575.